The SMILES string of the molecule is C=CCNCc1nnc2n1-c1ccccc1C(c1ccccc1)=NC2. The van der Waals surface area contributed by atoms with E-state index in [-0.39, 0.29) is 0 Å². The van der Waals surface area contributed by atoms with E-state index < -0.39 is 0 Å². The lowest BCUT2D eigenvalue weighted by atomic mass is 10.0. The molecule has 0 radical (unpaired) electrons. The third-order valence-corrected chi connectivity index (χ3v) is 4.19. The second-order valence-corrected chi connectivity index (χ2v) is 5.84. The van der Waals surface area contributed by atoms with Crippen LogP contribution in [0.2, 0.25) is 0 Å². The number of benzene rings is 2. The molecule has 4 rings (SSSR count). The van der Waals surface area contributed by atoms with Gasteiger partial charge in [-0.2, -0.15) is 0 Å². The molecular weight excluding hydrogens is 310 g/mol. The molecule has 0 atom stereocenters. The molecule has 2 aromatic carbocycles. The van der Waals surface area contributed by atoms with Crippen LogP contribution in [-0.2, 0) is 13.1 Å². The summed E-state index contributed by atoms with van der Waals surface area (Å²) >= 11 is 0. The van der Waals surface area contributed by atoms with Crippen LogP contribution in [0.4, 0.5) is 0 Å². The van der Waals surface area contributed by atoms with E-state index in [0.717, 1.165) is 40.7 Å². The molecule has 1 aromatic heterocycles. The monoisotopic (exact) mass is 329 g/mol. The van der Waals surface area contributed by atoms with Crippen molar-refractivity contribution in [2.24, 2.45) is 4.99 Å². The topological polar surface area (TPSA) is 55.1 Å². The summed E-state index contributed by atoms with van der Waals surface area (Å²) in [5, 5.41) is 12.0. The highest BCUT2D eigenvalue weighted by Crippen LogP contribution is 2.25. The van der Waals surface area contributed by atoms with Gasteiger partial charge >= 0.3 is 0 Å². The van der Waals surface area contributed by atoms with E-state index in [1.54, 1.807) is 0 Å². The Hall–Kier alpha value is -3.05. The Morgan fingerprint density at radius 1 is 1.04 bits per heavy atom. The van der Waals surface area contributed by atoms with Crippen LogP contribution in [0.25, 0.3) is 5.69 Å². The van der Waals surface area contributed by atoms with Crippen LogP contribution in [-0.4, -0.2) is 27.0 Å². The van der Waals surface area contributed by atoms with Crippen molar-refractivity contribution in [3.63, 3.8) is 0 Å². The minimum atomic E-state index is 0.507. The smallest absolute Gasteiger partial charge is 0.159 e. The molecule has 5 heteroatoms. The zero-order valence-corrected chi connectivity index (χ0v) is 13.9. The number of fused-ring (bicyclic) bond motifs is 3. The first-order valence-corrected chi connectivity index (χ1v) is 8.33. The van der Waals surface area contributed by atoms with Crippen LogP contribution in [0.3, 0.4) is 0 Å². The average molecular weight is 329 g/mol. The van der Waals surface area contributed by atoms with Crippen LogP contribution in [0, 0.1) is 0 Å². The highest BCUT2D eigenvalue weighted by atomic mass is 15.3. The van der Waals surface area contributed by atoms with Crippen molar-refractivity contribution in [2.45, 2.75) is 13.1 Å². The van der Waals surface area contributed by atoms with Crippen LogP contribution < -0.4 is 5.32 Å². The predicted molar refractivity (Wildman–Crippen MR) is 99.0 cm³/mol. The Kier molecular flexibility index (Phi) is 4.23. The van der Waals surface area contributed by atoms with Gasteiger partial charge in [-0.25, -0.2) is 0 Å². The third kappa shape index (κ3) is 2.90. The minimum Gasteiger partial charge on any atom is -0.306 e. The first-order chi connectivity index (χ1) is 12.4. The Morgan fingerprint density at radius 3 is 2.68 bits per heavy atom. The van der Waals surface area contributed by atoms with E-state index in [2.05, 4.69) is 50.9 Å². The summed E-state index contributed by atoms with van der Waals surface area (Å²) in [6.45, 7) is 5.61. The fourth-order valence-corrected chi connectivity index (χ4v) is 3.08. The van der Waals surface area contributed by atoms with Crippen LogP contribution >= 0.6 is 0 Å². The molecule has 1 aliphatic rings. The van der Waals surface area contributed by atoms with Gasteiger partial charge < -0.3 is 5.32 Å². The summed E-state index contributed by atoms with van der Waals surface area (Å²) in [5.74, 6) is 1.74. The van der Waals surface area contributed by atoms with Crippen LogP contribution in [0.5, 0.6) is 0 Å². The average Bonchev–Trinajstić information content (AvgIpc) is 2.98. The molecule has 3 aromatic rings. The lowest BCUT2D eigenvalue weighted by molar-refractivity contribution is 0.696. The molecule has 0 fully saturated rings. The third-order valence-electron chi connectivity index (χ3n) is 4.19. The molecule has 1 aliphatic heterocycles. The Bertz CT molecular complexity index is 924. The first kappa shape index (κ1) is 15.5. The number of rotatable bonds is 5. The summed E-state index contributed by atoms with van der Waals surface area (Å²) in [7, 11) is 0. The van der Waals surface area contributed by atoms with Crippen molar-refractivity contribution >= 4 is 5.71 Å². The second-order valence-electron chi connectivity index (χ2n) is 5.84. The van der Waals surface area contributed by atoms with Crippen molar-refractivity contribution in [3.05, 3.63) is 90.0 Å². The molecule has 0 bridgehead atoms. The lowest BCUT2D eigenvalue weighted by Crippen LogP contribution is -2.17. The highest BCUT2D eigenvalue weighted by Gasteiger charge is 2.22. The number of hydrogen-bond donors (Lipinski definition) is 1. The molecule has 1 N–H and O–H groups in total. The van der Waals surface area contributed by atoms with E-state index in [4.69, 9.17) is 4.99 Å². The largest absolute Gasteiger partial charge is 0.306 e. The molecule has 5 nitrogen and oxygen atoms in total. The van der Waals surface area contributed by atoms with Crippen molar-refractivity contribution < 1.29 is 0 Å². The standard InChI is InChI=1S/C20H19N5/c1-2-12-21-13-18-23-24-19-14-22-20(15-8-4-3-5-9-15)16-10-6-7-11-17(16)25(18)19/h2-11,21H,1,12-14H2. The zero-order valence-electron chi connectivity index (χ0n) is 13.9. The fourth-order valence-electron chi connectivity index (χ4n) is 3.08. The van der Waals surface area contributed by atoms with E-state index in [1.807, 2.05) is 36.4 Å². The number of nitrogens with one attached hydrogen (secondary N) is 1. The molecule has 0 saturated heterocycles. The zero-order chi connectivity index (χ0) is 17.1. The molecule has 0 aliphatic carbocycles. The van der Waals surface area contributed by atoms with Gasteiger partial charge in [0.1, 0.15) is 6.54 Å². The maximum Gasteiger partial charge on any atom is 0.159 e. The molecule has 0 spiro atoms. The molecule has 0 unspecified atom stereocenters. The van der Waals surface area contributed by atoms with Gasteiger partial charge in [-0.05, 0) is 6.07 Å². The Morgan fingerprint density at radius 2 is 1.84 bits per heavy atom. The number of para-hydroxylation sites is 1. The fraction of sp³-hybridized carbons (Fsp3) is 0.150. The van der Waals surface area contributed by atoms with Gasteiger partial charge in [0.15, 0.2) is 11.6 Å². The van der Waals surface area contributed by atoms with Gasteiger partial charge in [0.2, 0.25) is 0 Å². The quantitative estimate of drug-likeness (QED) is 0.578. The summed E-state index contributed by atoms with van der Waals surface area (Å²) in [4.78, 5) is 4.84. The van der Waals surface area contributed by atoms with Gasteiger partial charge in [-0.3, -0.25) is 9.56 Å². The number of hydrogen-bond acceptors (Lipinski definition) is 4. The molecule has 2 heterocycles. The minimum absolute atomic E-state index is 0.507. The van der Waals surface area contributed by atoms with Gasteiger partial charge in [-0.1, -0.05) is 54.6 Å². The van der Waals surface area contributed by atoms with Crippen LogP contribution in [0.15, 0.2) is 72.2 Å². The van der Waals surface area contributed by atoms with Gasteiger partial charge in [0, 0.05) is 17.7 Å². The summed E-state index contributed by atoms with van der Waals surface area (Å²) < 4.78 is 2.12. The Labute approximate surface area is 146 Å². The van der Waals surface area contributed by atoms with Crippen molar-refractivity contribution in [1.82, 2.24) is 20.1 Å². The molecular formula is C20H19N5. The van der Waals surface area contributed by atoms with Crippen molar-refractivity contribution in [2.75, 3.05) is 6.54 Å². The van der Waals surface area contributed by atoms with Crippen molar-refractivity contribution in [3.8, 4) is 5.69 Å². The van der Waals surface area contributed by atoms with Gasteiger partial charge in [-0.15, -0.1) is 16.8 Å². The summed E-state index contributed by atoms with van der Waals surface area (Å²) in [6.07, 6.45) is 1.84. The molecule has 0 amide bonds. The normalized spacial score (nSPS) is 12.7. The highest BCUT2D eigenvalue weighted by molar-refractivity contribution is 6.15. The summed E-state index contributed by atoms with van der Waals surface area (Å²) in [6, 6.07) is 18.6. The van der Waals surface area contributed by atoms with E-state index >= 15 is 0 Å². The number of aromatic nitrogens is 3. The maximum atomic E-state index is 4.84. The predicted octanol–water partition coefficient (Wildman–Crippen LogP) is 2.89. The maximum absolute atomic E-state index is 4.84. The molecule has 0 saturated carbocycles. The van der Waals surface area contributed by atoms with E-state index in [0.29, 0.717) is 13.1 Å². The van der Waals surface area contributed by atoms with Crippen molar-refractivity contribution in [1.29, 1.82) is 0 Å². The first-order valence-electron chi connectivity index (χ1n) is 8.33. The van der Waals surface area contributed by atoms with Gasteiger partial charge in [0.25, 0.3) is 0 Å². The van der Waals surface area contributed by atoms with Crippen LogP contribution in [0.1, 0.15) is 22.8 Å². The second kappa shape index (κ2) is 6.83. The molecule has 124 valence electrons. The molecule has 25 heavy (non-hydrogen) atoms. The number of nitrogens with zero attached hydrogens (tertiary/aromatic N) is 4. The van der Waals surface area contributed by atoms with E-state index in [9.17, 15) is 0 Å². The van der Waals surface area contributed by atoms with E-state index in [1.165, 1.54) is 0 Å². The lowest BCUT2D eigenvalue weighted by Gasteiger charge is -2.13. The Balaban J connectivity index is 1.82. The summed E-state index contributed by atoms with van der Waals surface area (Å²) in [5.41, 5.74) is 4.27. The van der Waals surface area contributed by atoms with Gasteiger partial charge in [0.05, 0.1) is 17.9 Å². The number of aliphatic imine (C=N–C) groups is 1.